The molecule has 2 rings (SSSR count). The van der Waals surface area contributed by atoms with Gasteiger partial charge in [-0.25, -0.2) is 4.98 Å². The summed E-state index contributed by atoms with van der Waals surface area (Å²) in [7, 11) is 0. The van der Waals surface area contributed by atoms with Gasteiger partial charge in [0.25, 0.3) is 0 Å². The number of halogens is 1. The summed E-state index contributed by atoms with van der Waals surface area (Å²) in [5, 5.41) is 0.728. The maximum Gasteiger partial charge on any atom is 0.111 e. The van der Waals surface area contributed by atoms with Crippen LogP contribution in [0, 0.1) is 0 Å². The van der Waals surface area contributed by atoms with Crippen molar-refractivity contribution in [1.29, 1.82) is 0 Å². The fraction of sp³-hybridized carbons (Fsp3) is 0.462. The van der Waals surface area contributed by atoms with E-state index in [1.807, 2.05) is 25.1 Å². The molecular weight excluding hydrogens is 234 g/mol. The lowest BCUT2D eigenvalue weighted by Gasteiger charge is -2.09. The van der Waals surface area contributed by atoms with Crippen LogP contribution in [0.4, 0.5) is 0 Å². The summed E-state index contributed by atoms with van der Waals surface area (Å²) < 4.78 is 2.25. The summed E-state index contributed by atoms with van der Waals surface area (Å²) in [4.78, 5) is 4.63. The normalized spacial score (nSPS) is 13.2. The smallest absolute Gasteiger partial charge is 0.111 e. The number of nitrogens with zero attached hydrogens (tertiary/aromatic N) is 2. The molecule has 2 N–H and O–H groups in total. The summed E-state index contributed by atoms with van der Waals surface area (Å²) in [6.45, 7) is 5.14. The number of aromatic nitrogens is 2. The molecule has 0 amide bonds. The third-order valence-electron chi connectivity index (χ3n) is 2.74. The highest BCUT2D eigenvalue weighted by molar-refractivity contribution is 6.31. The van der Waals surface area contributed by atoms with E-state index in [0.717, 1.165) is 41.3 Å². The number of hydrogen-bond donors (Lipinski definition) is 1. The molecule has 1 unspecified atom stereocenters. The lowest BCUT2D eigenvalue weighted by Crippen LogP contribution is -2.20. The van der Waals surface area contributed by atoms with Gasteiger partial charge in [-0.15, -0.1) is 0 Å². The molecule has 0 radical (unpaired) electrons. The molecule has 1 aromatic heterocycles. The van der Waals surface area contributed by atoms with Gasteiger partial charge in [0, 0.05) is 24.0 Å². The Bertz CT molecular complexity index is 517. The molecule has 92 valence electrons. The third kappa shape index (κ3) is 2.61. The van der Waals surface area contributed by atoms with Crippen molar-refractivity contribution in [2.45, 2.75) is 39.3 Å². The van der Waals surface area contributed by atoms with Gasteiger partial charge in [0.05, 0.1) is 11.0 Å². The maximum absolute atomic E-state index is 5.99. The number of benzene rings is 1. The first kappa shape index (κ1) is 12.4. The Labute approximate surface area is 107 Å². The van der Waals surface area contributed by atoms with E-state index >= 15 is 0 Å². The first-order valence-electron chi connectivity index (χ1n) is 6.02. The van der Waals surface area contributed by atoms with Gasteiger partial charge in [0.15, 0.2) is 0 Å². The molecule has 0 fully saturated rings. The van der Waals surface area contributed by atoms with Gasteiger partial charge in [0.1, 0.15) is 5.82 Å². The Balaban J connectivity index is 2.53. The Morgan fingerprint density at radius 2 is 2.24 bits per heavy atom. The first-order valence-corrected chi connectivity index (χ1v) is 6.40. The zero-order valence-corrected chi connectivity index (χ0v) is 11.0. The molecule has 1 atom stereocenters. The van der Waals surface area contributed by atoms with Crippen LogP contribution in [0.1, 0.15) is 26.1 Å². The molecule has 0 bridgehead atoms. The molecule has 0 saturated heterocycles. The van der Waals surface area contributed by atoms with Crippen molar-refractivity contribution in [3.63, 3.8) is 0 Å². The minimum Gasteiger partial charge on any atom is -0.328 e. The van der Waals surface area contributed by atoms with Gasteiger partial charge >= 0.3 is 0 Å². The van der Waals surface area contributed by atoms with Gasteiger partial charge < -0.3 is 10.3 Å². The molecule has 0 aliphatic rings. The zero-order valence-electron chi connectivity index (χ0n) is 10.3. The van der Waals surface area contributed by atoms with Crippen LogP contribution < -0.4 is 5.73 Å². The van der Waals surface area contributed by atoms with Crippen LogP contribution in [0.2, 0.25) is 5.02 Å². The van der Waals surface area contributed by atoms with Crippen LogP contribution in [0.15, 0.2) is 18.2 Å². The number of nitrogens with two attached hydrogens (primary N) is 1. The Hall–Kier alpha value is -1.06. The van der Waals surface area contributed by atoms with Crippen molar-refractivity contribution in [1.82, 2.24) is 9.55 Å². The predicted molar refractivity (Wildman–Crippen MR) is 72.4 cm³/mol. The maximum atomic E-state index is 5.99. The second-order valence-corrected chi connectivity index (χ2v) is 4.93. The standard InChI is InChI=1S/C13H18ClN3/c1-3-6-17-12-5-4-10(14)8-11(12)16-13(17)7-9(2)15/h4-5,8-9H,3,6-7,15H2,1-2H3. The largest absolute Gasteiger partial charge is 0.328 e. The topological polar surface area (TPSA) is 43.8 Å². The SMILES string of the molecule is CCCn1c(CC(C)N)nc2cc(Cl)ccc21. The summed E-state index contributed by atoms with van der Waals surface area (Å²) in [6, 6.07) is 5.98. The van der Waals surface area contributed by atoms with Gasteiger partial charge in [-0.3, -0.25) is 0 Å². The van der Waals surface area contributed by atoms with Gasteiger partial charge in [-0.05, 0) is 31.5 Å². The van der Waals surface area contributed by atoms with Crippen LogP contribution in [-0.4, -0.2) is 15.6 Å². The molecule has 0 aliphatic heterocycles. The van der Waals surface area contributed by atoms with E-state index in [1.165, 1.54) is 0 Å². The number of aryl methyl sites for hydroxylation is 1. The lowest BCUT2D eigenvalue weighted by atomic mass is 10.2. The minimum atomic E-state index is 0.123. The predicted octanol–water partition coefficient (Wildman–Crippen LogP) is 2.99. The average Bonchev–Trinajstić information content (AvgIpc) is 2.55. The third-order valence-corrected chi connectivity index (χ3v) is 2.98. The fourth-order valence-electron chi connectivity index (χ4n) is 2.07. The van der Waals surface area contributed by atoms with Crippen molar-refractivity contribution in [2.24, 2.45) is 5.73 Å². The van der Waals surface area contributed by atoms with Gasteiger partial charge in [-0.1, -0.05) is 18.5 Å². The van der Waals surface area contributed by atoms with Crippen molar-refractivity contribution in [2.75, 3.05) is 0 Å². The highest BCUT2D eigenvalue weighted by atomic mass is 35.5. The summed E-state index contributed by atoms with van der Waals surface area (Å²) in [6.07, 6.45) is 1.88. The summed E-state index contributed by atoms with van der Waals surface area (Å²) in [5.74, 6) is 1.05. The molecule has 3 nitrogen and oxygen atoms in total. The Kier molecular flexibility index (Phi) is 3.69. The number of rotatable bonds is 4. The van der Waals surface area contributed by atoms with Crippen LogP contribution in [0.3, 0.4) is 0 Å². The van der Waals surface area contributed by atoms with E-state index in [0.29, 0.717) is 0 Å². The van der Waals surface area contributed by atoms with Crippen molar-refractivity contribution in [3.8, 4) is 0 Å². The summed E-state index contributed by atoms with van der Waals surface area (Å²) in [5.41, 5.74) is 7.97. The molecule has 2 aromatic rings. The van der Waals surface area contributed by atoms with E-state index < -0.39 is 0 Å². The first-order chi connectivity index (χ1) is 8.11. The molecule has 0 spiro atoms. The minimum absolute atomic E-state index is 0.123. The quantitative estimate of drug-likeness (QED) is 0.908. The van der Waals surface area contributed by atoms with E-state index in [1.54, 1.807) is 0 Å². The Morgan fingerprint density at radius 1 is 1.47 bits per heavy atom. The van der Waals surface area contributed by atoms with Crippen molar-refractivity contribution >= 4 is 22.6 Å². The van der Waals surface area contributed by atoms with Crippen LogP contribution in [0.25, 0.3) is 11.0 Å². The van der Waals surface area contributed by atoms with Crippen molar-refractivity contribution < 1.29 is 0 Å². The highest BCUT2D eigenvalue weighted by Gasteiger charge is 2.11. The van der Waals surface area contributed by atoms with Crippen LogP contribution in [0.5, 0.6) is 0 Å². The van der Waals surface area contributed by atoms with Gasteiger partial charge in [0.2, 0.25) is 0 Å². The summed E-state index contributed by atoms with van der Waals surface area (Å²) >= 11 is 5.99. The van der Waals surface area contributed by atoms with Crippen LogP contribution >= 0.6 is 11.6 Å². The van der Waals surface area contributed by atoms with Gasteiger partial charge in [-0.2, -0.15) is 0 Å². The Morgan fingerprint density at radius 3 is 2.88 bits per heavy atom. The molecule has 17 heavy (non-hydrogen) atoms. The molecule has 0 saturated carbocycles. The zero-order chi connectivity index (χ0) is 12.4. The molecular formula is C13H18ClN3. The molecule has 4 heteroatoms. The molecule has 1 heterocycles. The van der Waals surface area contributed by atoms with E-state index in [2.05, 4.69) is 16.5 Å². The molecule has 1 aromatic carbocycles. The van der Waals surface area contributed by atoms with E-state index in [-0.39, 0.29) is 6.04 Å². The number of imidazole rings is 1. The van der Waals surface area contributed by atoms with Crippen molar-refractivity contribution in [3.05, 3.63) is 29.0 Å². The van der Waals surface area contributed by atoms with E-state index in [4.69, 9.17) is 17.3 Å². The fourth-order valence-corrected chi connectivity index (χ4v) is 2.24. The monoisotopic (exact) mass is 251 g/mol. The second kappa shape index (κ2) is 5.07. The van der Waals surface area contributed by atoms with Crippen LogP contribution in [-0.2, 0) is 13.0 Å². The number of hydrogen-bond acceptors (Lipinski definition) is 2. The average molecular weight is 252 g/mol. The lowest BCUT2D eigenvalue weighted by molar-refractivity contribution is 0.616. The number of fused-ring (bicyclic) bond motifs is 1. The van der Waals surface area contributed by atoms with E-state index in [9.17, 15) is 0 Å². The second-order valence-electron chi connectivity index (χ2n) is 4.49. The molecule has 0 aliphatic carbocycles. The highest BCUT2D eigenvalue weighted by Crippen LogP contribution is 2.21.